The summed E-state index contributed by atoms with van der Waals surface area (Å²) >= 11 is 0. The summed E-state index contributed by atoms with van der Waals surface area (Å²) in [5.41, 5.74) is 1.10. The minimum Gasteiger partial charge on any atom is -0.337 e. The smallest absolute Gasteiger partial charge is 0.242 e. The van der Waals surface area contributed by atoms with Gasteiger partial charge in [-0.3, -0.25) is 4.79 Å². The highest BCUT2D eigenvalue weighted by atomic mass is 16.2. The maximum Gasteiger partial charge on any atom is 0.242 e. The highest BCUT2D eigenvalue weighted by molar-refractivity contribution is 5.86. The number of carbonyl (C=O) groups excluding carboxylic acids is 1. The zero-order chi connectivity index (χ0) is 11.6. The Morgan fingerprint density at radius 2 is 2.31 bits per heavy atom. The third kappa shape index (κ3) is 2.29. The maximum absolute atomic E-state index is 12.4. The Hall–Kier alpha value is -0.830. The monoisotopic (exact) mass is 222 g/mol. The lowest BCUT2D eigenvalue weighted by atomic mass is 9.89. The minimum absolute atomic E-state index is 0.288. The van der Waals surface area contributed by atoms with Crippen molar-refractivity contribution in [3.05, 3.63) is 11.6 Å². The van der Waals surface area contributed by atoms with Gasteiger partial charge in [-0.05, 0) is 46.1 Å². The SMILES string of the molecule is CC1=CCN(C(=O)C2(C)CCCCN2)CC1. The average molecular weight is 222 g/mol. The molecule has 0 aromatic rings. The molecule has 0 aliphatic carbocycles. The van der Waals surface area contributed by atoms with Gasteiger partial charge in [-0.2, -0.15) is 0 Å². The summed E-state index contributed by atoms with van der Waals surface area (Å²) in [6.07, 6.45) is 6.54. The van der Waals surface area contributed by atoms with Crippen LogP contribution >= 0.6 is 0 Å². The third-order valence-corrected chi connectivity index (χ3v) is 3.81. The minimum atomic E-state index is -0.308. The van der Waals surface area contributed by atoms with Crippen molar-refractivity contribution in [2.45, 2.75) is 45.1 Å². The summed E-state index contributed by atoms with van der Waals surface area (Å²) in [5, 5.41) is 3.39. The Labute approximate surface area is 97.9 Å². The quantitative estimate of drug-likeness (QED) is 0.685. The van der Waals surface area contributed by atoms with E-state index in [-0.39, 0.29) is 11.4 Å². The Balaban J connectivity index is 2.01. The van der Waals surface area contributed by atoms with E-state index in [0.29, 0.717) is 0 Å². The fraction of sp³-hybridized carbons (Fsp3) is 0.769. The Kier molecular flexibility index (Phi) is 3.33. The molecule has 0 saturated carbocycles. The molecule has 1 N–H and O–H groups in total. The van der Waals surface area contributed by atoms with E-state index in [4.69, 9.17) is 0 Å². The molecule has 3 heteroatoms. The lowest BCUT2D eigenvalue weighted by Gasteiger charge is -2.38. The van der Waals surface area contributed by atoms with Gasteiger partial charge in [-0.15, -0.1) is 0 Å². The van der Waals surface area contributed by atoms with Gasteiger partial charge in [0, 0.05) is 13.1 Å². The first kappa shape index (κ1) is 11.6. The number of hydrogen-bond acceptors (Lipinski definition) is 2. The molecule has 1 atom stereocenters. The second-order valence-electron chi connectivity index (χ2n) is 5.27. The molecule has 2 aliphatic rings. The Morgan fingerprint density at radius 1 is 1.50 bits per heavy atom. The maximum atomic E-state index is 12.4. The largest absolute Gasteiger partial charge is 0.337 e. The number of piperidine rings is 1. The molecule has 16 heavy (non-hydrogen) atoms. The van der Waals surface area contributed by atoms with E-state index in [2.05, 4.69) is 25.2 Å². The zero-order valence-corrected chi connectivity index (χ0v) is 10.4. The molecule has 90 valence electrons. The highest BCUT2D eigenvalue weighted by Gasteiger charge is 2.37. The first-order valence-electron chi connectivity index (χ1n) is 6.32. The van der Waals surface area contributed by atoms with Crippen LogP contribution in [0.15, 0.2) is 11.6 Å². The molecule has 2 rings (SSSR count). The summed E-state index contributed by atoms with van der Waals surface area (Å²) in [5.74, 6) is 0.288. The van der Waals surface area contributed by atoms with Crippen LogP contribution in [0.4, 0.5) is 0 Å². The summed E-state index contributed by atoms with van der Waals surface area (Å²) in [6.45, 7) is 6.85. The fourth-order valence-electron chi connectivity index (χ4n) is 2.54. The fourth-order valence-corrected chi connectivity index (χ4v) is 2.54. The van der Waals surface area contributed by atoms with Crippen molar-refractivity contribution in [2.75, 3.05) is 19.6 Å². The molecule has 1 amide bonds. The highest BCUT2D eigenvalue weighted by Crippen LogP contribution is 2.23. The average Bonchev–Trinajstić information content (AvgIpc) is 2.30. The van der Waals surface area contributed by atoms with Gasteiger partial charge in [-0.25, -0.2) is 0 Å². The van der Waals surface area contributed by atoms with Gasteiger partial charge in [0.15, 0.2) is 0 Å². The van der Waals surface area contributed by atoms with Crippen molar-refractivity contribution < 1.29 is 4.79 Å². The molecule has 2 aliphatic heterocycles. The molecule has 0 spiro atoms. The Morgan fingerprint density at radius 3 is 2.88 bits per heavy atom. The molecule has 0 aromatic heterocycles. The van der Waals surface area contributed by atoms with Crippen LogP contribution in [-0.4, -0.2) is 36.0 Å². The van der Waals surface area contributed by atoms with Crippen molar-refractivity contribution in [3.63, 3.8) is 0 Å². The van der Waals surface area contributed by atoms with Gasteiger partial charge in [0.25, 0.3) is 0 Å². The Bertz CT molecular complexity index is 303. The van der Waals surface area contributed by atoms with E-state index in [1.807, 2.05) is 4.90 Å². The number of amides is 1. The van der Waals surface area contributed by atoms with Crippen LogP contribution in [0, 0.1) is 0 Å². The standard InChI is InChI=1S/C13H22N2O/c1-11-5-9-15(10-6-11)12(16)13(2)7-3-4-8-14-13/h5,14H,3-4,6-10H2,1-2H3. The zero-order valence-electron chi connectivity index (χ0n) is 10.4. The van der Waals surface area contributed by atoms with Gasteiger partial charge in [0.1, 0.15) is 0 Å². The van der Waals surface area contributed by atoms with Crippen LogP contribution in [0.25, 0.3) is 0 Å². The second-order valence-corrected chi connectivity index (χ2v) is 5.27. The summed E-state index contributed by atoms with van der Waals surface area (Å²) in [4.78, 5) is 14.4. The second kappa shape index (κ2) is 4.58. The van der Waals surface area contributed by atoms with Crippen molar-refractivity contribution in [1.82, 2.24) is 10.2 Å². The summed E-state index contributed by atoms with van der Waals surface area (Å²) in [6, 6.07) is 0. The predicted octanol–water partition coefficient (Wildman–Crippen LogP) is 1.70. The van der Waals surface area contributed by atoms with E-state index in [9.17, 15) is 4.79 Å². The first-order chi connectivity index (χ1) is 7.62. The number of nitrogens with zero attached hydrogens (tertiary/aromatic N) is 1. The normalized spacial score (nSPS) is 31.1. The van der Waals surface area contributed by atoms with Gasteiger partial charge in [0.05, 0.1) is 5.54 Å². The van der Waals surface area contributed by atoms with E-state index in [1.54, 1.807) is 0 Å². The van der Waals surface area contributed by atoms with Gasteiger partial charge in [0.2, 0.25) is 5.91 Å². The molecule has 3 nitrogen and oxygen atoms in total. The number of nitrogens with one attached hydrogen (secondary N) is 1. The summed E-state index contributed by atoms with van der Waals surface area (Å²) in [7, 11) is 0. The van der Waals surface area contributed by atoms with Crippen LogP contribution in [-0.2, 0) is 4.79 Å². The van der Waals surface area contributed by atoms with E-state index >= 15 is 0 Å². The topological polar surface area (TPSA) is 32.3 Å². The molecular formula is C13H22N2O. The van der Waals surface area contributed by atoms with Crippen molar-refractivity contribution >= 4 is 5.91 Å². The lowest BCUT2D eigenvalue weighted by Crippen LogP contribution is -2.58. The molecule has 0 bridgehead atoms. The van der Waals surface area contributed by atoms with Crippen molar-refractivity contribution in [3.8, 4) is 0 Å². The predicted molar refractivity (Wildman–Crippen MR) is 65.2 cm³/mol. The van der Waals surface area contributed by atoms with Gasteiger partial charge >= 0.3 is 0 Å². The lowest BCUT2D eigenvalue weighted by molar-refractivity contribution is -0.138. The number of rotatable bonds is 1. The molecule has 1 saturated heterocycles. The first-order valence-corrected chi connectivity index (χ1v) is 6.32. The van der Waals surface area contributed by atoms with E-state index in [0.717, 1.165) is 38.9 Å². The molecule has 0 aromatic carbocycles. The van der Waals surface area contributed by atoms with Gasteiger partial charge < -0.3 is 10.2 Å². The molecule has 1 fully saturated rings. The van der Waals surface area contributed by atoms with Crippen molar-refractivity contribution in [2.24, 2.45) is 0 Å². The molecule has 1 unspecified atom stereocenters. The van der Waals surface area contributed by atoms with E-state index < -0.39 is 0 Å². The summed E-state index contributed by atoms with van der Waals surface area (Å²) < 4.78 is 0. The van der Waals surface area contributed by atoms with Crippen LogP contribution in [0.3, 0.4) is 0 Å². The van der Waals surface area contributed by atoms with Crippen molar-refractivity contribution in [1.29, 1.82) is 0 Å². The number of hydrogen-bond donors (Lipinski definition) is 1. The van der Waals surface area contributed by atoms with Crippen LogP contribution in [0.2, 0.25) is 0 Å². The molecule has 2 heterocycles. The van der Waals surface area contributed by atoms with Gasteiger partial charge in [-0.1, -0.05) is 11.6 Å². The van der Waals surface area contributed by atoms with Crippen LogP contribution in [0.1, 0.15) is 39.5 Å². The van der Waals surface area contributed by atoms with Crippen LogP contribution < -0.4 is 5.32 Å². The molecule has 0 radical (unpaired) electrons. The van der Waals surface area contributed by atoms with E-state index in [1.165, 1.54) is 12.0 Å². The van der Waals surface area contributed by atoms with Crippen LogP contribution in [0.5, 0.6) is 0 Å². The third-order valence-electron chi connectivity index (χ3n) is 3.81. The molecular weight excluding hydrogens is 200 g/mol. The number of carbonyl (C=O) groups is 1.